The van der Waals surface area contributed by atoms with Crippen molar-refractivity contribution in [1.82, 2.24) is 4.90 Å². The van der Waals surface area contributed by atoms with Crippen molar-refractivity contribution < 1.29 is 14.3 Å². The van der Waals surface area contributed by atoms with E-state index in [1.807, 2.05) is 54.6 Å². The Morgan fingerprint density at radius 3 is 2.45 bits per heavy atom. The number of ether oxygens (including phenoxy) is 1. The van der Waals surface area contributed by atoms with Gasteiger partial charge in [-0.1, -0.05) is 77.8 Å². The zero-order valence-electron chi connectivity index (χ0n) is 16.3. The van der Waals surface area contributed by atoms with Crippen molar-refractivity contribution in [2.75, 3.05) is 0 Å². The molecule has 1 fully saturated rings. The number of hydrogen-bond donors (Lipinski definition) is 0. The minimum absolute atomic E-state index is 0.0875. The smallest absolute Gasteiger partial charge is 0.293 e. The number of para-hydroxylation sites is 1. The van der Waals surface area contributed by atoms with E-state index >= 15 is 0 Å². The van der Waals surface area contributed by atoms with Gasteiger partial charge in [-0.15, -0.1) is 0 Å². The van der Waals surface area contributed by atoms with Gasteiger partial charge >= 0.3 is 0 Å². The van der Waals surface area contributed by atoms with Crippen LogP contribution < -0.4 is 4.74 Å². The summed E-state index contributed by atoms with van der Waals surface area (Å²) in [7, 11) is 0. The molecule has 4 rings (SSSR count). The Kier molecular flexibility index (Phi) is 6.66. The van der Waals surface area contributed by atoms with Gasteiger partial charge in [0.2, 0.25) is 0 Å². The summed E-state index contributed by atoms with van der Waals surface area (Å²) in [5.74, 6) is 0.276. The lowest BCUT2D eigenvalue weighted by molar-refractivity contribution is -0.123. The van der Waals surface area contributed by atoms with Crippen molar-refractivity contribution >= 4 is 52.2 Å². The average molecular weight is 470 g/mol. The Labute approximate surface area is 194 Å². The van der Waals surface area contributed by atoms with Gasteiger partial charge < -0.3 is 4.74 Å². The molecule has 0 atom stereocenters. The van der Waals surface area contributed by atoms with E-state index in [1.165, 1.54) is 4.90 Å². The normalized spacial score (nSPS) is 15.0. The second-order valence-corrected chi connectivity index (χ2v) is 8.65. The van der Waals surface area contributed by atoms with Gasteiger partial charge in [0.25, 0.3) is 11.1 Å². The Balaban J connectivity index is 1.53. The van der Waals surface area contributed by atoms with Gasteiger partial charge in [0.05, 0.1) is 11.4 Å². The number of thioether (sulfide) groups is 1. The molecule has 4 nitrogen and oxygen atoms in total. The third kappa shape index (κ3) is 5.13. The Hall–Kier alpha value is -2.73. The fourth-order valence-electron chi connectivity index (χ4n) is 3.06. The van der Waals surface area contributed by atoms with Gasteiger partial charge in [-0.3, -0.25) is 14.5 Å². The molecule has 0 spiro atoms. The van der Waals surface area contributed by atoms with Crippen molar-refractivity contribution in [1.29, 1.82) is 0 Å². The van der Waals surface area contributed by atoms with Crippen LogP contribution in [-0.2, 0) is 17.9 Å². The SMILES string of the molecule is O=C1S/C(=C/c2ccccc2OCc2ccccc2)C(=O)N1Cc1ccc(Cl)cc1Cl. The fourth-order valence-corrected chi connectivity index (χ4v) is 4.36. The quantitative estimate of drug-likeness (QED) is 0.372. The van der Waals surface area contributed by atoms with Crippen LogP contribution in [0.25, 0.3) is 6.08 Å². The third-order valence-corrected chi connectivity index (χ3v) is 6.15. The molecule has 7 heteroatoms. The van der Waals surface area contributed by atoms with Crippen molar-refractivity contribution in [3.63, 3.8) is 0 Å². The maximum Gasteiger partial charge on any atom is 0.293 e. The predicted octanol–water partition coefficient (Wildman–Crippen LogP) is 6.81. The van der Waals surface area contributed by atoms with E-state index in [0.717, 1.165) is 22.9 Å². The molecule has 0 unspecified atom stereocenters. The molecule has 156 valence electrons. The van der Waals surface area contributed by atoms with Crippen LogP contribution in [0.5, 0.6) is 5.75 Å². The lowest BCUT2D eigenvalue weighted by atomic mass is 10.1. The molecule has 0 bridgehead atoms. The Morgan fingerprint density at radius 1 is 0.935 bits per heavy atom. The Bertz CT molecular complexity index is 1160. The number of rotatable bonds is 6. The molecule has 0 aromatic heterocycles. The van der Waals surface area contributed by atoms with Gasteiger partial charge in [-0.25, -0.2) is 0 Å². The molecule has 2 amide bonds. The molecule has 0 radical (unpaired) electrons. The van der Waals surface area contributed by atoms with E-state index in [0.29, 0.717) is 32.9 Å². The largest absolute Gasteiger partial charge is 0.488 e. The summed E-state index contributed by atoms with van der Waals surface area (Å²) in [6.07, 6.45) is 1.69. The highest BCUT2D eigenvalue weighted by molar-refractivity contribution is 8.18. The number of amides is 2. The van der Waals surface area contributed by atoms with Crippen molar-refractivity contribution in [2.24, 2.45) is 0 Å². The summed E-state index contributed by atoms with van der Waals surface area (Å²) < 4.78 is 5.95. The van der Waals surface area contributed by atoms with Gasteiger partial charge in [-0.2, -0.15) is 0 Å². The zero-order valence-corrected chi connectivity index (χ0v) is 18.6. The molecule has 1 saturated heterocycles. The molecule has 0 N–H and O–H groups in total. The molecule has 1 heterocycles. The third-order valence-electron chi connectivity index (χ3n) is 4.66. The van der Waals surface area contributed by atoms with E-state index in [2.05, 4.69) is 0 Å². The summed E-state index contributed by atoms with van der Waals surface area (Å²) >= 11 is 13.0. The van der Waals surface area contributed by atoms with E-state index in [4.69, 9.17) is 27.9 Å². The molecule has 31 heavy (non-hydrogen) atoms. The van der Waals surface area contributed by atoms with E-state index in [9.17, 15) is 9.59 Å². The number of halogens is 2. The van der Waals surface area contributed by atoms with Crippen LogP contribution in [0.2, 0.25) is 10.0 Å². The molecule has 1 aliphatic rings. The van der Waals surface area contributed by atoms with Crippen LogP contribution in [0, 0.1) is 0 Å². The van der Waals surface area contributed by atoms with Gasteiger partial charge in [0.15, 0.2) is 0 Å². The number of benzene rings is 3. The minimum atomic E-state index is -0.362. The van der Waals surface area contributed by atoms with Crippen molar-refractivity contribution in [3.8, 4) is 5.75 Å². The molecular formula is C24H17Cl2NO3S. The van der Waals surface area contributed by atoms with Crippen LogP contribution in [0.4, 0.5) is 4.79 Å². The molecule has 0 saturated carbocycles. The highest BCUT2D eigenvalue weighted by Crippen LogP contribution is 2.36. The molecular weight excluding hydrogens is 453 g/mol. The van der Waals surface area contributed by atoms with Gasteiger partial charge in [0, 0.05) is 15.6 Å². The zero-order chi connectivity index (χ0) is 21.8. The number of carbonyl (C=O) groups is 2. The summed E-state index contributed by atoms with van der Waals surface area (Å²) in [4.78, 5) is 26.9. The molecule has 0 aliphatic carbocycles. The molecule has 1 aliphatic heterocycles. The van der Waals surface area contributed by atoms with Crippen molar-refractivity contribution in [2.45, 2.75) is 13.2 Å². The summed E-state index contributed by atoms with van der Waals surface area (Å²) in [5.41, 5.74) is 2.42. The first-order chi connectivity index (χ1) is 15.0. The first-order valence-corrected chi connectivity index (χ1v) is 11.0. The minimum Gasteiger partial charge on any atom is -0.488 e. The first kappa shape index (κ1) is 21.5. The maximum atomic E-state index is 12.9. The standard InChI is InChI=1S/C24H17Cl2NO3S/c25-19-11-10-18(20(26)13-19)14-27-23(28)22(31-24(27)29)12-17-8-4-5-9-21(17)30-15-16-6-2-1-3-7-16/h1-13H,14-15H2/b22-12+. The second-order valence-electron chi connectivity index (χ2n) is 6.82. The number of hydrogen-bond acceptors (Lipinski definition) is 4. The maximum absolute atomic E-state index is 12.9. The summed E-state index contributed by atoms with van der Waals surface area (Å²) in [5, 5.41) is 0.565. The van der Waals surface area contributed by atoms with E-state index in [-0.39, 0.29) is 17.7 Å². The van der Waals surface area contributed by atoms with Crippen molar-refractivity contribution in [3.05, 3.63) is 104 Å². The van der Waals surface area contributed by atoms with Crippen LogP contribution in [0.15, 0.2) is 77.7 Å². The second kappa shape index (κ2) is 9.60. The highest BCUT2D eigenvalue weighted by Gasteiger charge is 2.35. The monoisotopic (exact) mass is 469 g/mol. The highest BCUT2D eigenvalue weighted by atomic mass is 35.5. The van der Waals surface area contributed by atoms with E-state index in [1.54, 1.807) is 24.3 Å². The van der Waals surface area contributed by atoms with Crippen LogP contribution in [0.3, 0.4) is 0 Å². The van der Waals surface area contributed by atoms with Crippen LogP contribution >= 0.6 is 35.0 Å². The number of nitrogens with zero attached hydrogens (tertiary/aromatic N) is 1. The molecule has 3 aromatic rings. The summed E-state index contributed by atoms with van der Waals surface area (Å²) in [6, 6.07) is 22.2. The lowest BCUT2D eigenvalue weighted by Crippen LogP contribution is -2.27. The number of carbonyl (C=O) groups excluding carboxylic acids is 2. The first-order valence-electron chi connectivity index (χ1n) is 9.46. The van der Waals surface area contributed by atoms with Crippen LogP contribution in [0.1, 0.15) is 16.7 Å². The predicted molar refractivity (Wildman–Crippen MR) is 125 cm³/mol. The van der Waals surface area contributed by atoms with Crippen LogP contribution in [-0.4, -0.2) is 16.0 Å². The van der Waals surface area contributed by atoms with Gasteiger partial charge in [0.1, 0.15) is 12.4 Å². The van der Waals surface area contributed by atoms with Gasteiger partial charge in [-0.05, 0) is 47.2 Å². The fraction of sp³-hybridized carbons (Fsp3) is 0.0833. The molecule has 3 aromatic carbocycles. The van der Waals surface area contributed by atoms with E-state index < -0.39 is 0 Å². The average Bonchev–Trinajstić information content (AvgIpc) is 3.03. The topological polar surface area (TPSA) is 46.6 Å². The lowest BCUT2D eigenvalue weighted by Gasteiger charge is -2.13. The number of imide groups is 1. The Morgan fingerprint density at radius 2 is 1.68 bits per heavy atom. The summed E-state index contributed by atoms with van der Waals surface area (Å²) in [6.45, 7) is 0.492.